The third kappa shape index (κ3) is 20.8. The minimum atomic E-state index is 0. The first kappa shape index (κ1) is 22.8. The van der Waals surface area contributed by atoms with Crippen molar-refractivity contribution in [1.29, 1.82) is 0 Å². The molecule has 0 fully saturated rings. The molecule has 0 unspecified atom stereocenters. The first-order valence-electron chi connectivity index (χ1n) is 9.12. The van der Waals surface area contributed by atoms with Gasteiger partial charge in [0.05, 0.1) is 0 Å². The van der Waals surface area contributed by atoms with Crippen molar-refractivity contribution in [2.75, 3.05) is 6.54 Å². The summed E-state index contributed by atoms with van der Waals surface area (Å²) in [4.78, 5) is 0. The Bertz CT molecular complexity index is 134. The summed E-state index contributed by atoms with van der Waals surface area (Å²) < 4.78 is 0. The molecular formula is C18H41NSe. The maximum absolute atomic E-state index is 5.48. The molecule has 0 rings (SSSR count). The second kappa shape index (κ2) is 21.8. The van der Waals surface area contributed by atoms with Crippen LogP contribution in [0.2, 0.25) is 0 Å². The van der Waals surface area contributed by atoms with Crippen molar-refractivity contribution in [2.24, 2.45) is 5.73 Å². The normalized spacial score (nSPS) is 10.5. The second-order valence-corrected chi connectivity index (χ2v) is 6.09. The van der Waals surface area contributed by atoms with Gasteiger partial charge in [0.2, 0.25) is 0 Å². The fraction of sp³-hybridized carbons (Fsp3) is 1.00. The third-order valence-corrected chi connectivity index (χ3v) is 4.06. The Morgan fingerprint density at radius 1 is 0.450 bits per heavy atom. The van der Waals surface area contributed by atoms with Gasteiger partial charge in [0.1, 0.15) is 0 Å². The van der Waals surface area contributed by atoms with E-state index < -0.39 is 0 Å². The molecule has 0 aromatic carbocycles. The van der Waals surface area contributed by atoms with Crippen LogP contribution in [0.25, 0.3) is 0 Å². The van der Waals surface area contributed by atoms with Crippen molar-refractivity contribution in [3.05, 3.63) is 0 Å². The number of hydrogen-bond acceptors (Lipinski definition) is 1. The number of hydrogen-bond donors (Lipinski definition) is 1. The molecule has 1 nitrogen and oxygen atoms in total. The summed E-state index contributed by atoms with van der Waals surface area (Å²) >= 11 is 0. The summed E-state index contributed by atoms with van der Waals surface area (Å²) in [5.41, 5.74) is 5.48. The molecule has 0 saturated heterocycles. The molecule has 0 heterocycles. The van der Waals surface area contributed by atoms with Crippen LogP contribution in [0.15, 0.2) is 0 Å². The molecule has 0 aliphatic carbocycles. The Balaban J connectivity index is 0. The van der Waals surface area contributed by atoms with Crippen LogP contribution in [0, 0.1) is 0 Å². The van der Waals surface area contributed by atoms with Crippen LogP contribution in [0.3, 0.4) is 0 Å². The van der Waals surface area contributed by atoms with Crippen LogP contribution in [0.5, 0.6) is 0 Å². The fourth-order valence-corrected chi connectivity index (χ4v) is 2.69. The quantitative estimate of drug-likeness (QED) is 0.297. The van der Waals surface area contributed by atoms with E-state index >= 15 is 0 Å². The summed E-state index contributed by atoms with van der Waals surface area (Å²) in [5, 5.41) is 0. The van der Waals surface area contributed by atoms with E-state index in [1.807, 2.05) is 0 Å². The summed E-state index contributed by atoms with van der Waals surface area (Å²) in [6, 6.07) is 0. The molecule has 0 aromatic rings. The Morgan fingerprint density at radius 3 is 0.950 bits per heavy atom. The third-order valence-electron chi connectivity index (χ3n) is 4.06. The average molecular weight is 350 g/mol. The van der Waals surface area contributed by atoms with Gasteiger partial charge < -0.3 is 5.73 Å². The zero-order valence-corrected chi connectivity index (χ0v) is 16.2. The van der Waals surface area contributed by atoms with Crippen molar-refractivity contribution in [2.45, 2.75) is 110 Å². The standard InChI is InChI=1S/C18H39N.H2Se/c1-2-3-4-5-6-7-8-9-10-11-12-13-14-15-16-17-18-19;/h2-19H2,1H3;1H2. The molecule has 0 aliphatic heterocycles. The Labute approximate surface area is 139 Å². The van der Waals surface area contributed by atoms with E-state index in [9.17, 15) is 0 Å². The van der Waals surface area contributed by atoms with Gasteiger partial charge in [0, 0.05) is 0 Å². The van der Waals surface area contributed by atoms with E-state index in [4.69, 9.17) is 5.73 Å². The molecule has 0 aromatic heterocycles. The van der Waals surface area contributed by atoms with Gasteiger partial charge in [-0.2, -0.15) is 0 Å². The Kier molecular flexibility index (Phi) is 24.8. The van der Waals surface area contributed by atoms with Gasteiger partial charge in [0.25, 0.3) is 0 Å². The van der Waals surface area contributed by atoms with E-state index in [2.05, 4.69) is 6.92 Å². The molecule has 2 N–H and O–H groups in total. The summed E-state index contributed by atoms with van der Waals surface area (Å²) in [6.07, 6.45) is 22.9. The molecule has 2 heteroatoms. The van der Waals surface area contributed by atoms with Gasteiger partial charge in [-0.3, -0.25) is 0 Å². The second-order valence-electron chi connectivity index (χ2n) is 6.09. The summed E-state index contributed by atoms with van der Waals surface area (Å²) in [5.74, 6) is 0. The SMILES string of the molecule is CCCCCCCCCCCCCCCCCCN.[SeH2]. The predicted octanol–water partition coefficient (Wildman–Crippen LogP) is 5.29. The first-order valence-corrected chi connectivity index (χ1v) is 9.12. The summed E-state index contributed by atoms with van der Waals surface area (Å²) in [6.45, 7) is 3.16. The molecule has 0 spiro atoms. The fourth-order valence-electron chi connectivity index (χ4n) is 2.69. The first-order chi connectivity index (χ1) is 9.41. The van der Waals surface area contributed by atoms with Crippen molar-refractivity contribution < 1.29 is 0 Å². The predicted molar refractivity (Wildman–Crippen MR) is 97.1 cm³/mol. The Hall–Kier alpha value is 0.479. The molecule has 0 atom stereocenters. The number of nitrogens with two attached hydrogens (primary N) is 1. The molecule has 0 radical (unpaired) electrons. The van der Waals surface area contributed by atoms with Gasteiger partial charge >= 0.3 is 17.1 Å². The maximum atomic E-state index is 5.48. The van der Waals surface area contributed by atoms with Crippen molar-refractivity contribution in [1.82, 2.24) is 0 Å². The van der Waals surface area contributed by atoms with Gasteiger partial charge in [-0.15, -0.1) is 0 Å². The number of unbranched alkanes of at least 4 members (excludes halogenated alkanes) is 15. The van der Waals surface area contributed by atoms with E-state index in [0.29, 0.717) is 0 Å². The van der Waals surface area contributed by atoms with Crippen LogP contribution in [-0.2, 0) is 0 Å². The average Bonchev–Trinajstić information content (AvgIpc) is 2.43. The molecule has 0 bridgehead atoms. The summed E-state index contributed by atoms with van der Waals surface area (Å²) in [7, 11) is 0. The van der Waals surface area contributed by atoms with Crippen LogP contribution in [0.1, 0.15) is 110 Å². The van der Waals surface area contributed by atoms with Crippen LogP contribution in [-0.4, -0.2) is 23.6 Å². The van der Waals surface area contributed by atoms with Crippen LogP contribution >= 0.6 is 0 Å². The molecule has 0 aliphatic rings. The topological polar surface area (TPSA) is 26.0 Å². The van der Waals surface area contributed by atoms with Gasteiger partial charge in [-0.1, -0.05) is 103 Å². The van der Waals surface area contributed by atoms with E-state index in [0.717, 1.165) is 6.54 Å². The molecule has 0 amide bonds. The van der Waals surface area contributed by atoms with Gasteiger partial charge in [-0.05, 0) is 13.0 Å². The monoisotopic (exact) mass is 351 g/mol. The minimum absolute atomic E-state index is 0. The van der Waals surface area contributed by atoms with E-state index in [-0.39, 0.29) is 17.1 Å². The van der Waals surface area contributed by atoms with Crippen molar-refractivity contribution >= 4 is 17.1 Å². The van der Waals surface area contributed by atoms with Gasteiger partial charge in [0.15, 0.2) is 0 Å². The van der Waals surface area contributed by atoms with Gasteiger partial charge in [-0.25, -0.2) is 0 Å². The zero-order valence-electron chi connectivity index (χ0n) is 14.1. The van der Waals surface area contributed by atoms with Crippen molar-refractivity contribution in [3.8, 4) is 0 Å². The zero-order chi connectivity index (χ0) is 14.0. The molecule has 0 saturated carbocycles. The molecule has 20 heavy (non-hydrogen) atoms. The molecular weight excluding hydrogens is 309 g/mol. The van der Waals surface area contributed by atoms with Crippen LogP contribution in [0.4, 0.5) is 0 Å². The van der Waals surface area contributed by atoms with E-state index in [1.165, 1.54) is 103 Å². The number of rotatable bonds is 16. The van der Waals surface area contributed by atoms with Crippen molar-refractivity contribution in [3.63, 3.8) is 0 Å². The molecule has 124 valence electrons. The van der Waals surface area contributed by atoms with E-state index in [1.54, 1.807) is 0 Å². The Morgan fingerprint density at radius 2 is 0.700 bits per heavy atom. The van der Waals surface area contributed by atoms with Crippen LogP contribution < -0.4 is 5.73 Å².